The van der Waals surface area contributed by atoms with Crippen molar-refractivity contribution in [2.75, 3.05) is 10.2 Å². The van der Waals surface area contributed by atoms with Gasteiger partial charge in [0, 0.05) is 89.7 Å². The largest absolute Gasteiger partial charge is 0.469 e. The molecule has 4 aromatic heterocycles. The van der Waals surface area contributed by atoms with Crippen LogP contribution in [0.15, 0.2) is 195 Å². The maximum atomic E-state index is 6.99. The van der Waals surface area contributed by atoms with Gasteiger partial charge in [-0.25, -0.2) is 0 Å². The third kappa shape index (κ3) is 6.49. The van der Waals surface area contributed by atoms with Crippen LogP contribution < -0.4 is 21.3 Å². The molecule has 14 rings (SSSR count). The molecule has 9 aromatic carbocycles. The average Bonchev–Trinajstić information content (AvgIpc) is 4.12. The maximum absolute atomic E-state index is 6.99. The van der Waals surface area contributed by atoms with E-state index in [0.29, 0.717) is 7.28 Å². The lowest BCUT2D eigenvalue weighted by atomic mass is 9.62. The molecule has 71 heavy (non-hydrogen) atoms. The molecule has 0 atom stereocenters. The summed E-state index contributed by atoms with van der Waals surface area (Å²) in [6, 6.07) is 65.4. The molecule has 0 amide bonds. The molecule has 7 heteroatoms. The fourth-order valence-corrected chi connectivity index (χ4v) is 11.3. The molecule has 5 heterocycles. The van der Waals surface area contributed by atoms with Crippen LogP contribution in [0, 0.1) is 0 Å². The average molecular weight is 920 g/mol. The van der Waals surface area contributed by atoms with E-state index < -0.39 is 0 Å². The number of anilines is 5. The van der Waals surface area contributed by atoms with Crippen molar-refractivity contribution < 1.29 is 13.3 Å². The Kier molecular flexibility index (Phi) is 8.80. The Bertz CT molecular complexity index is 4260. The number of rotatable bonds is 6. The Morgan fingerprint density at radius 1 is 0.437 bits per heavy atom. The summed E-state index contributed by atoms with van der Waals surface area (Å²) in [4.78, 5) is 2.28. The number of hydrogen-bond donors (Lipinski definition) is 1. The van der Waals surface area contributed by atoms with Gasteiger partial charge in [0.2, 0.25) is 7.28 Å². The predicted octanol–water partition coefficient (Wildman–Crippen LogP) is 16.5. The quantitative estimate of drug-likeness (QED) is 0.168. The summed E-state index contributed by atoms with van der Waals surface area (Å²) in [5, 5.41) is 11.8. The van der Waals surface area contributed by atoms with Gasteiger partial charge in [0.1, 0.15) is 27.9 Å². The number of furan rings is 3. The van der Waals surface area contributed by atoms with Crippen molar-refractivity contribution in [3.05, 3.63) is 193 Å². The van der Waals surface area contributed by atoms with Crippen LogP contribution in [-0.2, 0) is 10.8 Å². The number of nitrogens with zero attached hydrogens (tertiary/aromatic N) is 2. The van der Waals surface area contributed by atoms with E-state index in [0.717, 1.165) is 111 Å². The molecule has 0 saturated carbocycles. The zero-order chi connectivity index (χ0) is 47.9. The molecule has 0 aliphatic carbocycles. The van der Waals surface area contributed by atoms with Gasteiger partial charge in [-0.3, -0.25) is 0 Å². The van der Waals surface area contributed by atoms with Gasteiger partial charge in [-0.1, -0.05) is 126 Å². The minimum atomic E-state index is -0.0380. The normalized spacial score (nSPS) is 12.8. The van der Waals surface area contributed by atoms with E-state index in [9.17, 15) is 0 Å². The van der Waals surface area contributed by atoms with Crippen LogP contribution in [0.1, 0.15) is 52.7 Å². The van der Waals surface area contributed by atoms with Gasteiger partial charge in [0.05, 0.1) is 22.6 Å². The van der Waals surface area contributed by atoms with E-state index in [4.69, 9.17) is 13.3 Å². The first-order valence-electron chi connectivity index (χ1n) is 24.7. The van der Waals surface area contributed by atoms with Gasteiger partial charge in [-0.15, -0.1) is 0 Å². The lowest BCUT2D eigenvalue weighted by molar-refractivity contribution is 0.590. The lowest BCUT2D eigenvalue weighted by Crippen LogP contribution is -2.36. The third-order valence-corrected chi connectivity index (χ3v) is 14.9. The van der Waals surface area contributed by atoms with Crippen LogP contribution in [0.25, 0.3) is 93.5 Å². The van der Waals surface area contributed by atoms with Gasteiger partial charge in [-0.2, -0.15) is 0 Å². The van der Waals surface area contributed by atoms with Crippen molar-refractivity contribution in [2.45, 2.75) is 52.4 Å². The van der Waals surface area contributed by atoms with E-state index in [1.165, 1.54) is 32.9 Å². The summed E-state index contributed by atoms with van der Waals surface area (Å²) in [5.41, 5.74) is 19.7. The first-order chi connectivity index (χ1) is 34.4. The van der Waals surface area contributed by atoms with Crippen LogP contribution in [0.2, 0.25) is 0 Å². The number of fused-ring (bicyclic) bond motifs is 13. The number of aromatic nitrogens is 1. The highest BCUT2D eigenvalue weighted by Crippen LogP contribution is 2.46. The van der Waals surface area contributed by atoms with Crippen molar-refractivity contribution >= 4 is 123 Å². The zero-order valence-corrected chi connectivity index (χ0v) is 40.6. The van der Waals surface area contributed by atoms with E-state index in [1.807, 2.05) is 6.07 Å². The van der Waals surface area contributed by atoms with E-state index in [-0.39, 0.29) is 10.8 Å². The van der Waals surface area contributed by atoms with Gasteiger partial charge < -0.3 is 28.0 Å². The molecular formula is C64H50BN3O3. The minimum Gasteiger partial charge on any atom is -0.469 e. The molecule has 13 aromatic rings. The van der Waals surface area contributed by atoms with Crippen LogP contribution in [0.4, 0.5) is 28.4 Å². The maximum Gasteiger partial charge on any atom is 0.244 e. The molecule has 1 aliphatic heterocycles. The highest BCUT2D eigenvalue weighted by Gasteiger charge is 2.32. The van der Waals surface area contributed by atoms with Crippen LogP contribution in [-0.4, -0.2) is 11.8 Å². The molecule has 0 unspecified atom stereocenters. The van der Waals surface area contributed by atoms with Crippen molar-refractivity contribution in [3.63, 3.8) is 0 Å². The van der Waals surface area contributed by atoms with Gasteiger partial charge in [0.15, 0.2) is 0 Å². The van der Waals surface area contributed by atoms with E-state index in [1.54, 1.807) is 0 Å². The van der Waals surface area contributed by atoms with Crippen LogP contribution in [0.5, 0.6) is 0 Å². The second-order valence-electron chi connectivity index (χ2n) is 21.4. The Morgan fingerprint density at radius 3 is 1.80 bits per heavy atom. The minimum absolute atomic E-state index is 0.0301. The molecule has 0 bridgehead atoms. The summed E-state index contributed by atoms with van der Waals surface area (Å²) < 4.78 is 23.0. The fourth-order valence-electron chi connectivity index (χ4n) is 11.3. The van der Waals surface area contributed by atoms with Gasteiger partial charge in [0.25, 0.3) is 0 Å². The van der Waals surface area contributed by atoms with Crippen LogP contribution >= 0.6 is 0 Å². The van der Waals surface area contributed by atoms with E-state index in [2.05, 4.69) is 232 Å². The summed E-state index contributed by atoms with van der Waals surface area (Å²) in [6.07, 6.45) is 0. The molecule has 0 spiro atoms. The molecule has 0 radical (unpaired) electrons. The summed E-state index contributed by atoms with van der Waals surface area (Å²) in [7, 11) is 0.624. The molecular weight excluding hydrogens is 870 g/mol. The summed E-state index contributed by atoms with van der Waals surface area (Å²) in [5.74, 6) is 0. The number of benzene rings is 9. The highest BCUT2D eigenvalue weighted by molar-refractivity contribution is 6.73. The molecule has 0 saturated heterocycles. The number of nitrogens with one attached hydrogen (secondary N) is 1. The summed E-state index contributed by atoms with van der Waals surface area (Å²) in [6.45, 7) is 13.6. The number of para-hydroxylation sites is 3. The second-order valence-corrected chi connectivity index (χ2v) is 21.4. The molecule has 342 valence electrons. The Hall–Kier alpha value is -8.42. The van der Waals surface area contributed by atoms with Crippen molar-refractivity contribution in [1.82, 2.24) is 4.57 Å². The van der Waals surface area contributed by atoms with Crippen LogP contribution in [0.3, 0.4) is 0 Å². The van der Waals surface area contributed by atoms with E-state index >= 15 is 0 Å². The smallest absolute Gasteiger partial charge is 0.244 e. The molecule has 0 fully saturated rings. The van der Waals surface area contributed by atoms with Gasteiger partial charge >= 0.3 is 0 Å². The lowest BCUT2D eigenvalue weighted by Gasteiger charge is -2.25. The standard InChI is InChI=1S/C64H50BN3O3/c1-63(2,3)37-21-24-39(25-22-37)66-52-35-57-49(44-27-26-42(32-56(44)70-57)67(40-15-9-7-10-16-40)41-17-11-8-12-18-41)33-47(52)45-28-29-46-48-34-50-43-19-13-14-20-54(43)69-58(50)36-53(48)68-60(46)59(45)65-62-61(68)51-31-38(64(4,5)6)23-30-55(51)71-62/h7-36,65-66H,1-6H3. The van der Waals surface area contributed by atoms with Crippen molar-refractivity contribution in [2.24, 2.45) is 0 Å². The monoisotopic (exact) mass is 919 g/mol. The first kappa shape index (κ1) is 41.5. The van der Waals surface area contributed by atoms with Crippen molar-refractivity contribution in [1.29, 1.82) is 0 Å². The fraction of sp³-hybridized carbons (Fsp3) is 0.125. The van der Waals surface area contributed by atoms with Gasteiger partial charge in [-0.05, 0) is 112 Å². The number of hydrogen-bond acceptors (Lipinski definition) is 5. The highest BCUT2D eigenvalue weighted by atomic mass is 16.3. The molecule has 1 aliphatic rings. The topological polar surface area (TPSA) is 59.6 Å². The third-order valence-electron chi connectivity index (χ3n) is 14.9. The molecule has 1 N–H and O–H groups in total. The molecule has 6 nitrogen and oxygen atoms in total. The Balaban J connectivity index is 1.02. The zero-order valence-electron chi connectivity index (χ0n) is 40.6. The Morgan fingerprint density at radius 2 is 1.06 bits per heavy atom. The SMILES string of the molecule is CC(C)(C)c1ccc(Nc2cc3oc4cc(N(c5ccccc5)c5ccccc5)ccc4c3cc2-c2ccc3c4cc5c(cc4n4c3c2Bc2oc3ccc(C(C)(C)C)cc3c2-4)oc2ccccc25)cc1. The Labute approximate surface area is 412 Å². The predicted molar refractivity (Wildman–Crippen MR) is 299 cm³/mol. The van der Waals surface area contributed by atoms with Crippen molar-refractivity contribution in [3.8, 4) is 16.8 Å². The first-order valence-corrected chi connectivity index (χ1v) is 24.7. The second kappa shape index (κ2) is 15.0. The summed E-state index contributed by atoms with van der Waals surface area (Å²) >= 11 is 0.